The predicted molar refractivity (Wildman–Crippen MR) is 145 cm³/mol. The van der Waals surface area contributed by atoms with Crippen molar-refractivity contribution in [2.75, 3.05) is 43.9 Å². The first-order valence-corrected chi connectivity index (χ1v) is 13.9. The number of thioether (sulfide) groups is 1. The largest absolute Gasteiger partial charge is 0.445 e. The summed E-state index contributed by atoms with van der Waals surface area (Å²) < 4.78 is 11.1. The average Bonchev–Trinajstić information content (AvgIpc) is 2.90. The van der Waals surface area contributed by atoms with Crippen LogP contribution < -0.4 is 4.90 Å². The van der Waals surface area contributed by atoms with E-state index in [9.17, 15) is 9.59 Å². The third-order valence-corrected chi connectivity index (χ3v) is 6.93. The minimum Gasteiger partial charge on any atom is -0.445 e. The summed E-state index contributed by atoms with van der Waals surface area (Å²) in [5, 5.41) is 0.621. The summed E-state index contributed by atoms with van der Waals surface area (Å²) in [7, 11) is 0. The zero-order chi connectivity index (χ0) is 27.3. The van der Waals surface area contributed by atoms with Gasteiger partial charge in [0.25, 0.3) is 0 Å². The smallest absolute Gasteiger partial charge is 0.410 e. The zero-order valence-electron chi connectivity index (χ0n) is 22.3. The molecule has 10 nitrogen and oxygen atoms in total. The van der Waals surface area contributed by atoms with E-state index in [-0.39, 0.29) is 25.3 Å². The first-order valence-electron chi connectivity index (χ1n) is 12.7. The molecule has 0 bridgehead atoms. The third-order valence-electron chi connectivity index (χ3n) is 6.38. The highest BCUT2D eigenvalue weighted by Gasteiger charge is 2.36. The van der Waals surface area contributed by atoms with Crippen LogP contribution in [0.1, 0.15) is 37.6 Å². The zero-order valence-corrected chi connectivity index (χ0v) is 23.2. The van der Waals surface area contributed by atoms with E-state index in [0.717, 1.165) is 22.6 Å². The van der Waals surface area contributed by atoms with E-state index in [1.165, 1.54) is 11.8 Å². The monoisotopic (exact) mass is 538 g/mol. The average molecular weight is 539 g/mol. The second-order valence-electron chi connectivity index (χ2n) is 10.3. The van der Waals surface area contributed by atoms with E-state index in [2.05, 4.69) is 9.74 Å². The highest BCUT2D eigenvalue weighted by molar-refractivity contribution is 7.98. The summed E-state index contributed by atoms with van der Waals surface area (Å²) in [4.78, 5) is 44.2. The van der Waals surface area contributed by atoms with E-state index < -0.39 is 11.7 Å². The van der Waals surface area contributed by atoms with Crippen LogP contribution in [0.4, 0.5) is 15.4 Å². The Morgan fingerprint density at radius 1 is 1.13 bits per heavy atom. The van der Waals surface area contributed by atoms with E-state index in [4.69, 9.17) is 26.0 Å². The Bertz CT molecular complexity index is 1200. The van der Waals surface area contributed by atoms with Gasteiger partial charge in [0.1, 0.15) is 24.1 Å². The summed E-state index contributed by atoms with van der Waals surface area (Å²) in [5.74, 6) is 0.815. The molecule has 1 atom stereocenters. The van der Waals surface area contributed by atoms with Crippen molar-refractivity contribution in [3.05, 3.63) is 58.6 Å². The Morgan fingerprint density at radius 3 is 2.58 bits per heavy atom. The quantitative estimate of drug-likeness (QED) is 0.317. The van der Waals surface area contributed by atoms with E-state index >= 15 is 0 Å². The molecule has 2 aliphatic heterocycles. The molecule has 0 aliphatic carbocycles. The molecule has 2 aromatic rings. The van der Waals surface area contributed by atoms with Gasteiger partial charge >= 0.3 is 12.2 Å². The highest BCUT2D eigenvalue weighted by Crippen LogP contribution is 2.31. The van der Waals surface area contributed by atoms with Crippen molar-refractivity contribution in [3.63, 3.8) is 0 Å². The highest BCUT2D eigenvalue weighted by atomic mass is 32.2. The number of rotatable bonds is 5. The van der Waals surface area contributed by atoms with Gasteiger partial charge in [-0.15, -0.1) is 0 Å². The number of aromatic nitrogens is 2. The number of carbonyl (C=O) groups excluding carboxylic acids is 2. The van der Waals surface area contributed by atoms with Gasteiger partial charge in [-0.2, -0.15) is 0 Å². The molecule has 0 N–H and O–H groups in total. The van der Waals surface area contributed by atoms with Crippen LogP contribution >= 0.6 is 11.8 Å². The normalized spacial score (nSPS) is 17.4. The van der Waals surface area contributed by atoms with Gasteiger partial charge in [0.05, 0.1) is 12.2 Å². The van der Waals surface area contributed by atoms with Crippen LogP contribution in [0.2, 0.25) is 0 Å². The number of amides is 2. The third kappa shape index (κ3) is 6.67. The molecule has 11 heteroatoms. The molecule has 4 rings (SSSR count). The Hall–Kier alpha value is -3.52. The van der Waals surface area contributed by atoms with Crippen molar-refractivity contribution < 1.29 is 19.1 Å². The van der Waals surface area contributed by atoms with Crippen LogP contribution in [0, 0.1) is 6.57 Å². The van der Waals surface area contributed by atoms with Gasteiger partial charge in [0.15, 0.2) is 5.16 Å². The van der Waals surface area contributed by atoms with Crippen molar-refractivity contribution in [2.45, 2.75) is 57.1 Å². The fourth-order valence-electron chi connectivity index (χ4n) is 4.58. The number of carbonyl (C=O) groups is 2. The molecular weight excluding hydrogens is 504 g/mol. The number of benzene rings is 1. The lowest BCUT2D eigenvalue weighted by molar-refractivity contribution is 0.0220. The molecule has 1 unspecified atom stereocenters. The summed E-state index contributed by atoms with van der Waals surface area (Å²) >= 11 is 1.44. The molecule has 38 heavy (non-hydrogen) atoms. The lowest BCUT2D eigenvalue weighted by Crippen LogP contribution is -2.57. The molecule has 3 heterocycles. The number of fused-ring (bicyclic) bond motifs is 1. The molecule has 2 aliphatic rings. The van der Waals surface area contributed by atoms with Crippen LogP contribution in [0.25, 0.3) is 4.85 Å². The van der Waals surface area contributed by atoms with Gasteiger partial charge in [-0.05, 0) is 39.0 Å². The lowest BCUT2D eigenvalue weighted by Gasteiger charge is -2.40. The van der Waals surface area contributed by atoms with Crippen LogP contribution in [0.15, 0.2) is 35.5 Å². The number of anilines is 1. The predicted octanol–water partition coefficient (Wildman–Crippen LogP) is 4.24. The number of hydrogen-bond acceptors (Lipinski definition) is 8. The van der Waals surface area contributed by atoms with Gasteiger partial charge < -0.3 is 24.1 Å². The summed E-state index contributed by atoms with van der Waals surface area (Å²) in [6, 6.07) is 9.22. The SMILES string of the molecule is [C-]#[N+]CC1CN(c2nc(SC)nc3c2CCN(C(=O)OC(C)(C)C)C3)CCN1C(=O)OCc1ccccc1. The number of nitrogens with zero attached hydrogens (tertiary/aromatic N) is 6. The minimum absolute atomic E-state index is 0.173. The van der Waals surface area contributed by atoms with E-state index in [1.54, 1.807) is 9.80 Å². The maximum atomic E-state index is 12.9. The lowest BCUT2D eigenvalue weighted by atomic mass is 10.0. The molecule has 1 aromatic carbocycles. The van der Waals surface area contributed by atoms with Crippen molar-refractivity contribution in [1.29, 1.82) is 0 Å². The minimum atomic E-state index is -0.571. The van der Waals surface area contributed by atoms with Crippen molar-refractivity contribution in [3.8, 4) is 0 Å². The maximum Gasteiger partial charge on any atom is 0.410 e. The van der Waals surface area contributed by atoms with Crippen LogP contribution in [0.3, 0.4) is 0 Å². The van der Waals surface area contributed by atoms with E-state index in [0.29, 0.717) is 44.3 Å². The Kier molecular flexibility index (Phi) is 8.62. The fraction of sp³-hybridized carbons (Fsp3) is 0.519. The van der Waals surface area contributed by atoms with Gasteiger partial charge in [-0.25, -0.2) is 26.1 Å². The summed E-state index contributed by atoms with van der Waals surface area (Å²) in [6.45, 7) is 15.7. The molecule has 1 fully saturated rings. The van der Waals surface area contributed by atoms with Crippen molar-refractivity contribution in [1.82, 2.24) is 19.8 Å². The standard InChI is InChI=1S/C27H34N6O4S/c1-27(2,3)37-25(34)32-12-11-21-22(17-32)29-24(38-5)30-23(21)31-13-14-33(20(16-31)15-28-4)26(35)36-18-19-9-7-6-8-10-19/h6-10,20H,11-18H2,1-3,5H3. The van der Waals surface area contributed by atoms with Crippen LogP contribution in [-0.2, 0) is 29.0 Å². The number of piperazine rings is 1. The summed E-state index contributed by atoms with van der Waals surface area (Å²) in [6.07, 6.45) is 1.76. The molecule has 0 saturated carbocycles. The molecule has 0 spiro atoms. The van der Waals surface area contributed by atoms with E-state index in [1.807, 2.05) is 57.4 Å². The second-order valence-corrected chi connectivity index (χ2v) is 11.1. The topological polar surface area (TPSA) is 92.5 Å². The number of hydrogen-bond donors (Lipinski definition) is 0. The summed E-state index contributed by atoms with van der Waals surface area (Å²) in [5.41, 5.74) is 2.16. The van der Waals surface area contributed by atoms with Crippen molar-refractivity contribution in [2.24, 2.45) is 0 Å². The van der Waals surface area contributed by atoms with Crippen LogP contribution in [-0.4, -0.2) is 82.6 Å². The molecule has 0 radical (unpaired) electrons. The number of ether oxygens (including phenoxy) is 2. The fourth-order valence-corrected chi connectivity index (χ4v) is 4.95. The van der Waals surface area contributed by atoms with Gasteiger partial charge in [0, 0.05) is 31.7 Å². The Balaban J connectivity index is 1.50. The van der Waals surface area contributed by atoms with Gasteiger partial charge in [0.2, 0.25) is 6.54 Å². The molecular formula is C27H34N6O4S. The van der Waals surface area contributed by atoms with Crippen molar-refractivity contribution >= 4 is 29.8 Å². The van der Waals surface area contributed by atoms with Gasteiger partial charge in [-0.3, -0.25) is 4.90 Å². The molecule has 202 valence electrons. The Labute approximate surface area is 228 Å². The first kappa shape index (κ1) is 27.5. The molecule has 1 aromatic heterocycles. The molecule has 1 saturated heterocycles. The Morgan fingerprint density at radius 2 is 1.89 bits per heavy atom. The molecule has 2 amide bonds. The van der Waals surface area contributed by atoms with Gasteiger partial charge in [-0.1, -0.05) is 42.1 Å². The van der Waals surface area contributed by atoms with Crippen LogP contribution in [0.5, 0.6) is 0 Å². The second kappa shape index (κ2) is 11.9. The first-order chi connectivity index (χ1) is 18.2. The maximum absolute atomic E-state index is 12.9.